The lowest BCUT2D eigenvalue weighted by molar-refractivity contribution is 0.0616. The molecule has 0 bridgehead atoms. The summed E-state index contributed by atoms with van der Waals surface area (Å²) in [5.41, 5.74) is 0.584. The van der Waals surface area contributed by atoms with Gasteiger partial charge in [-0.2, -0.15) is 0 Å². The molecule has 0 saturated heterocycles. The largest absolute Gasteiger partial charge is 0.394 e. The summed E-state index contributed by atoms with van der Waals surface area (Å²) in [5.74, 6) is -0.0804. The zero-order valence-corrected chi connectivity index (χ0v) is 10.7. The molecule has 17 heavy (non-hydrogen) atoms. The molecule has 0 aliphatic heterocycles. The number of carbonyl (C=O) groups excluding carboxylic acids is 1. The number of likely N-dealkylation sites (N-methyl/N-ethyl adjacent to an activating group) is 1. The average Bonchev–Trinajstić information content (AvgIpc) is 2.34. The molecule has 0 aliphatic carbocycles. The van der Waals surface area contributed by atoms with Gasteiger partial charge in [-0.1, -0.05) is 12.1 Å². The molecule has 1 N–H and O–H groups in total. The van der Waals surface area contributed by atoms with Crippen LogP contribution in [0.4, 0.5) is 0 Å². The fraction of sp³-hybridized carbons (Fsp3) is 0.417. The van der Waals surface area contributed by atoms with Crippen molar-refractivity contribution in [2.45, 2.75) is 4.90 Å². The minimum atomic E-state index is -0.0804. The van der Waals surface area contributed by atoms with Crippen molar-refractivity contribution in [2.75, 3.05) is 33.4 Å². The second-order valence-corrected chi connectivity index (χ2v) is 4.06. The summed E-state index contributed by atoms with van der Waals surface area (Å²) in [5, 5.41) is 8.54. The SMILES string of the molecule is CN(CCOCCO)C(=O)c1ccccc1S. The lowest BCUT2D eigenvalue weighted by Crippen LogP contribution is -2.30. The van der Waals surface area contributed by atoms with Gasteiger partial charge in [0.05, 0.1) is 25.4 Å². The van der Waals surface area contributed by atoms with E-state index in [1.165, 1.54) is 0 Å². The molecule has 5 heteroatoms. The van der Waals surface area contributed by atoms with Gasteiger partial charge >= 0.3 is 0 Å². The van der Waals surface area contributed by atoms with Gasteiger partial charge in [0.25, 0.3) is 5.91 Å². The van der Waals surface area contributed by atoms with Crippen molar-refractivity contribution in [1.82, 2.24) is 4.90 Å². The lowest BCUT2D eigenvalue weighted by atomic mass is 10.2. The summed E-state index contributed by atoms with van der Waals surface area (Å²) in [4.78, 5) is 14.2. The Hall–Kier alpha value is -1.04. The molecule has 0 unspecified atom stereocenters. The summed E-state index contributed by atoms with van der Waals surface area (Å²) < 4.78 is 5.11. The average molecular weight is 255 g/mol. The third kappa shape index (κ3) is 4.38. The van der Waals surface area contributed by atoms with Crippen LogP contribution in [0.3, 0.4) is 0 Å². The lowest BCUT2D eigenvalue weighted by Gasteiger charge is -2.17. The number of ether oxygens (including phenoxy) is 1. The van der Waals surface area contributed by atoms with Gasteiger partial charge in [-0.05, 0) is 12.1 Å². The number of amides is 1. The first-order chi connectivity index (χ1) is 8.16. The molecule has 94 valence electrons. The molecule has 0 spiro atoms. The summed E-state index contributed by atoms with van der Waals surface area (Å²) in [6.07, 6.45) is 0. The second kappa shape index (κ2) is 7.32. The number of hydrogen-bond donors (Lipinski definition) is 2. The van der Waals surface area contributed by atoms with Crippen molar-refractivity contribution in [3.05, 3.63) is 29.8 Å². The Morgan fingerprint density at radius 3 is 2.76 bits per heavy atom. The number of aliphatic hydroxyl groups is 1. The Morgan fingerprint density at radius 1 is 1.41 bits per heavy atom. The molecule has 0 radical (unpaired) electrons. The fourth-order valence-electron chi connectivity index (χ4n) is 1.33. The highest BCUT2D eigenvalue weighted by atomic mass is 32.1. The molecule has 1 amide bonds. The molecule has 0 aromatic heterocycles. The van der Waals surface area contributed by atoms with Crippen LogP contribution < -0.4 is 0 Å². The van der Waals surface area contributed by atoms with Crippen LogP contribution in [0.2, 0.25) is 0 Å². The normalized spacial score (nSPS) is 10.3. The highest BCUT2D eigenvalue weighted by Crippen LogP contribution is 2.14. The molecule has 0 heterocycles. The molecular formula is C12H17NO3S. The molecule has 1 aromatic rings. The number of nitrogens with zero attached hydrogens (tertiary/aromatic N) is 1. The smallest absolute Gasteiger partial charge is 0.254 e. The van der Waals surface area contributed by atoms with Crippen molar-refractivity contribution in [2.24, 2.45) is 0 Å². The van der Waals surface area contributed by atoms with Crippen molar-refractivity contribution < 1.29 is 14.6 Å². The van der Waals surface area contributed by atoms with Gasteiger partial charge in [-0.3, -0.25) is 4.79 Å². The quantitative estimate of drug-likeness (QED) is 0.590. The fourth-order valence-corrected chi connectivity index (χ4v) is 1.59. The first-order valence-electron chi connectivity index (χ1n) is 5.39. The van der Waals surface area contributed by atoms with Crippen molar-refractivity contribution in [3.63, 3.8) is 0 Å². The molecule has 0 fully saturated rings. The number of rotatable bonds is 6. The second-order valence-electron chi connectivity index (χ2n) is 3.58. The van der Waals surface area contributed by atoms with E-state index < -0.39 is 0 Å². The van der Waals surface area contributed by atoms with Gasteiger partial charge in [0.1, 0.15) is 0 Å². The molecule has 4 nitrogen and oxygen atoms in total. The summed E-state index contributed by atoms with van der Waals surface area (Å²) in [6, 6.07) is 7.18. The van der Waals surface area contributed by atoms with Crippen LogP contribution in [0.25, 0.3) is 0 Å². The van der Waals surface area contributed by atoms with E-state index in [1.54, 1.807) is 24.1 Å². The topological polar surface area (TPSA) is 49.8 Å². The molecule has 0 atom stereocenters. The van der Waals surface area contributed by atoms with Crippen LogP contribution in [0, 0.1) is 0 Å². The Morgan fingerprint density at radius 2 is 2.12 bits per heavy atom. The van der Waals surface area contributed by atoms with Gasteiger partial charge in [0, 0.05) is 18.5 Å². The van der Waals surface area contributed by atoms with Crippen molar-refractivity contribution in [3.8, 4) is 0 Å². The summed E-state index contributed by atoms with van der Waals surface area (Å²) in [7, 11) is 1.71. The highest BCUT2D eigenvalue weighted by Gasteiger charge is 2.13. The van der Waals surface area contributed by atoms with Crippen molar-refractivity contribution >= 4 is 18.5 Å². The van der Waals surface area contributed by atoms with Gasteiger partial charge in [0.2, 0.25) is 0 Å². The zero-order chi connectivity index (χ0) is 12.7. The van der Waals surface area contributed by atoms with E-state index in [-0.39, 0.29) is 12.5 Å². The van der Waals surface area contributed by atoms with Crippen LogP contribution in [0.15, 0.2) is 29.2 Å². The molecule has 0 saturated carbocycles. The van der Waals surface area contributed by atoms with Crippen LogP contribution in [0.5, 0.6) is 0 Å². The first kappa shape index (κ1) is 14.0. The number of benzene rings is 1. The van der Waals surface area contributed by atoms with E-state index in [0.717, 1.165) is 0 Å². The standard InChI is InChI=1S/C12H17NO3S/c1-13(6-8-16-9-7-14)12(15)10-4-2-3-5-11(10)17/h2-5,14,17H,6-9H2,1H3. The Balaban J connectivity index is 2.49. The Bertz CT molecular complexity index is 371. The third-order valence-electron chi connectivity index (χ3n) is 2.29. The predicted molar refractivity (Wildman–Crippen MR) is 68.6 cm³/mol. The highest BCUT2D eigenvalue weighted by molar-refractivity contribution is 7.80. The van der Waals surface area contributed by atoms with Crippen molar-refractivity contribution in [1.29, 1.82) is 0 Å². The van der Waals surface area contributed by atoms with Crippen LogP contribution in [-0.2, 0) is 4.74 Å². The maximum Gasteiger partial charge on any atom is 0.254 e. The minimum Gasteiger partial charge on any atom is -0.394 e. The Labute approximate surface area is 107 Å². The molecule has 0 aliphatic rings. The number of hydrogen-bond acceptors (Lipinski definition) is 4. The summed E-state index contributed by atoms with van der Waals surface area (Å²) >= 11 is 4.24. The van der Waals surface area contributed by atoms with E-state index in [2.05, 4.69) is 12.6 Å². The summed E-state index contributed by atoms with van der Waals surface area (Å²) in [6.45, 7) is 1.20. The minimum absolute atomic E-state index is 0.00284. The predicted octanol–water partition coefficient (Wildman–Crippen LogP) is 1.06. The van der Waals surface area contributed by atoms with E-state index in [4.69, 9.17) is 9.84 Å². The maximum absolute atomic E-state index is 12.0. The van der Waals surface area contributed by atoms with Crippen LogP contribution >= 0.6 is 12.6 Å². The van der Waals surface area contributed by atoms with Crippen LogP contribution in [0.1, 0.15) is 10.4 Å². The molecular weight excluding hydrogens is 238 g/mol. The monoisotopic (exact) mass is 255 g/mol. The first-order valence-corrected chi connectivity index (χ1v) is 5.83. The number of aliphatic hydroxyl groups excluding tert-OH is 1. The zero-order valence-electron chi connectivity index (χ0n) is 9.80. The van der Waals surface area contributed by atoms with Gasteiger partial charge in [0.15, 0.2) is 0 Å². The third-order valence-corrected chi connectivity index (χ3v) is 2.68. The molecule has 1 aromatic carbocycles. The van der Waals surface area contributed by atoms with Gasteiger partial charge in [-0.25, -0.2) is 0 Å². The Kier molecular flexibility index (Phi) is 6.04. The van der Waals surface area contributed by atoms with E-state index in [1.807, 2.05) is 12.1 Å². The van der Waals surface area contributed by atoms with Gasteiger partial charge in [-0.15, -0.1) is 12.6 Å². The molecule has 1 rings (SSSR count). The number of carbonyl (C=O) groups is 1. The van der Waals surface area contributed by atoms with E-state index >= 15 is 0 Å². The van der Waals surface area contributed by atoms with Crippen LogP contribution in [-0.4, -0.2) is 49.3 Å². The van der Waals surface area contributed by atoms with E-state index in [0.29, 0.717) is 30.2 Å². The van der Waals surface area contributed by atoms with Gasteiger partial charge < -0.3 is 14.7 Å². The maximum atomic E-state index is 12.0. The van der Waals surface area contributed by atoms with E-state index in [9.17, 15) is 4.79 Å². The number of thiol groups is 1.